The number of carbonyl (C=O) groups excluding carboxylic acids is 1. The van der Waals surface area contributed by atoms with E-state index in [2.05, 4.69) is 5.32 Å². The number of aliphatic hydroxyl groups is 1. The SMILES string of the molecule is O=C(Nc1ccc(F)c(C(F)(F)F)c1)N1CC[C@@H](O)C1. The van der Waals surface area contributed by atoms with Crippen molar-refractivity contribution in [2.75, 3.05) is 18.4 Å². The minimum Gasteiger partial charge on any atom is -0.391 e. The van der Waals surface area contributed by atoms with E-state index in [0.717, 1.165) is 6.07 Å². The Kier molecular flexibility index (Phi) is 3.85. The number of urea groups is 1. The molecule has 1 aromatic rings. The highest BCUT2D eigenvalue weighted by Gasteiger charge is 2.34. The Bertz CT molecular complexity index is 519. The van der Waals surface area contributed by atoms with Crippen LogP contribution in [0.4, 0.5) is 28.0 Å². The van der Waals surface area contributed by atoms with E-state index >= 15 is 0 Å². The van der Waals surface area contributed by atoms with Crippen LogP contribution in [0.15, 0.2) is 18.2 Å². The van der Waals surface area contributed by atoms with Gasteiger partial charge in [-0.15, -0.1) is 0 Å². The lowest BCUT2D eigenvalue weighted by Crippen LogP contribution is -2.33. The summed E-state index contributed by atoms with van der Waals surface area (Å²) in [5.74, 6) is -1.40. The van der Waals surface area contributed by atoms with Gasteiger partial charge in [-0.05, 0) is 24.6 Å². The number of aliphatic hydroxyl groups excluding tert-OH is 1. The molecule has 0 spiro atoms. The largest absolute Gasteiger partial charge is 0.419 e. The number of alkyl halides is 3. The van der Waals surface area contributed by atoms with Crippen LogP contribution in [0.3, 0.4) is 0 Å². The molecule has 1 atom stereocenters. The van der Waals surface area contributed by atoms with Crippen LogP contribution in [-0.4, -0.2) is 35.2 Å². The van der Waals surface area contributed by atoms with Gasteiger partial charge in [-0.2, -0.15) is 13.2 Å². The molecule has 110 valence electrons. The normalized spacial score (nSPS) is 19.2. The minimum absolute atomic E-state index is 0.124. The maximum absolute atomic E-state index is 13.1. The maximum Gasteiger partial charge on any atom is 0.419 e. The van der Waals surface area contributed by atoms with Gasteiger partial charge in [-0.1, -0.05) is 0 Å². The monoisotopic (exact) mass is 292 g/mol. The zero-order valence-electron chi connectivity index (χ0n) is 10.2. The zero-order valence-corrected chi connectivity index (χ0v) is 10.2. The molecule has 2 amide bonds. The predicted molar refractivity (Wildman–Crippen MR) is 62.6 cm³/mol. The standard InChI is InChI=1S/C12H12F4N2O2/c13-10-2-1-7(5-9(10)12(14,15)16)17-11(20)18-4-3-8(19)6-18/h1-2,5,8,19H,3-4,6H2,(H,17,20)/t8-/m1/s1. The average Bonchev–Trinajstić information content (AvgIpc) is 2.77. The first-order valence-corrected chi connectivity index (χ1v) is 5.88. The molecular formula is C12H12F4N2O2. The molecule has 0 bridgehead atoms. The fraction of sp³-hybridized carbons (Fsp3) is 0.417. The molecule has 2 rings (SSSR count). The molecule has 1 aliphatic heterocycles. The average molecular weight is 292 g/mol. The molecular weight excluding hydrogens is 280 g/mol. The van der Waals surface area contributed by atoms with Gasteiger partial charge >= 0.3 is 12.2 Å². The quantitative estimate of drug-likeness (QED) is 0.781. The smallest absolute Gasteiger partial charge is 0.391 e. The van der Waals surface area contributed by atoms with Crippen LogP contribution >= 0.6 is 0 Å². The maximum atomic E-state index is 13.1. The summed E-state index contributed by atoms with van der Waals surface area (Å²) in [6.07, 6.45) is -5.03. The summed E-state index contributed by atoms with van der Waals surface area (Å²) in [4.78, 5) is 13.0. The molecule has 0 saturated carbocycles. The number of rotatable bonds is 1. The molecule has 0 aliphatic carbocycles. The zero-order chi connectivity index (χ0) is 14.9. The van der Waals surface area contributed by atoms with Gasteiger partial charge in [0.25, 0.3) is 0 Å². The Balaban J connectivity index is 2.12. The second kappa shape index (κ2) is 5.28. The van der Waals surface area contributed by atoms with Crippen LogP contribution in [0.25, 0.3) is 0 Å². The number of halogens is 4. The number of anilines is 1. The van der Waals surface area contributed by atoms with Crippen LogP contribution in [-0.2, 0) is 6.18 Å². The molecule has 1 fully saturated rings. The Morgan fingerprint density at radius 1 is 1.40 bits per heavy atom. The van der Waals surface area contributed by atoms with E-state index in [0.29, 0.717) is 25.1 Å². The molecule has 0 unspecified atom stereocenters. The van der Waals surface area contributed by atoms with Gasteiger partial charge in [0.05, 0.1) is 11.7 Å². The number of nitrogens with one attached hydrogen (secondary N) is 1. The van der Waals surface area contributed by atoms with Crippen molar-refractivity contribution in [2.45, 2.75) is 18.7 Å². The first-order valence-electron chi connectivity index (χ1n) is 5.88. The number of amides is 2. The molecule has 1 saturated heterocycles. The number of benzene rings is 1. The summed E-state index contributed by atoms with van der Waals surface area (Å²) >= 11 is 0. The summed E-state index contributed by atoms with van der Waals surface area (Å²) < 4.78 is 50.6. The summed E-state index contributed by atoms with van der Waals surface area (Å²) in [6.45, 7) is 0.444. The van der Waals surface area contributed by atoms with E-state index in [1.54, 1.807) is 0 Å². The van der Waals surface area contributed by atoms with Crippen molar-refractivity contribution in [3.05, 3.63) is 29.6 Å². The van der Waals surface area contributed by atoms with Gasteiger partial charge in [0, 0.05) is 18.8 Å². The van der Waals surface area contributed by atoms with E-state index in [1.807, 2.05) is 0 Å². The molecule has 8 heteroatoms. The third-order valence-corrected chi connectivity index (χ3v) is 2.97. The first-order chi connectivity index (χ1) is 9.27. The van der Waals surface area contributed by atoms with Crippen LogP contribution in [0, 0.1) is 5.82 Å². The Labute approximate surface area is 112 Å². The van der Waals surface area contributed by atoms with Crippen molar-refractivity contribution in [1.82, 2.24) is 4.90 Å². The third-order valence-electron chi connectivity index (χ3n) is 2.97. The number of β-amino-alcohol motifs (C(OH)–C–C–N with tert-alkyl or cyclic N) is 1. The molecule has 0 aromatic heterocycles. The van der Waals surface area contributed by atoms with Gasteiger partial charge < -0.3 is 15.3 Å². The van der Waals surface area contributed by atoms with E-state index in [1.165, 1.54) is 4.90 Å². The number of hydrogen-bond donors (Lipinski definition) is 2. The molecule has 1 heterocycles. The third kappa shape index (κ3) is 3.19. The van der Waals surface area contributed by atoms with Gasteiger partial charge in [-0.3, -0.25) is 0 Å². The summed E-state index contributed by atoms with van der Waals surface area (Å²) in [5.41, 5.74) is -1.58. The van der Waals surface area contributed by atoms with Crippen LogP contribution < -0.4 is 5.32 Å². The number of carbonyl (C=O) groups is 1. The van der Waals surface area contributed by atoms with E-state index in [9.17, 15) is 27.5 Å². The van der Waals surface area contributed by atoms with Crippen molar-refractivity contribution in [3.8, 4) is 0 Å². The predicted octanol–water partition coefficient (Wildman–Crippen LogP) is 2.44. The Morgan fingerprint density at radius 2 is 2.10 bits per heavy atom. The highest BCUT2D eigenvalue weighted by molar-refractivity contribution is 5.89. The lowest BCUT2D eigenvalue weighted by atomic mass is 10.2. The molecule has 1 aliphatic rings. The van der Waals surface area contributed by atoms with Gasteiger partial charge in [0.15, 0.2) is 0 Å². The summed E-state index contributed by atoms with van der Waals surface area (Å²) in [7, 11) is 0. The van der Waals surface area contributed by atoms with Gasteiger partial charge in [0.1, 0.15) is 5.82 Å². The minimum atomic E-state index is -4.82. The number of hydrogen-bond acceptors (Lipinski definition) is 2. The second-order valence-electron chi connectivity index (χ2n) is 4.51. The second-order valence-corrected chi connectivity index (χ2v) is 4.51. The van der Waals surface area contributed by atoms with Crippen LogP contribution in [0.1, 0.15) is 12.0 Å². The first kappa shape index (κ1) is 14.6. The van der Waals surface area contributed by atoms with E-state index in [4.69, 9.17) is 0 Å². The molecule has 2 N–H and O–H groups in total. The molecule has 1 aromatic carbocycles. The van der Waals surface area contributed by atoms with Crippen LogP contribution in [0.5, 0.6) is 0 Å². The fourth-order valence-electron chi connectivity index (χ4n) is 1.95. The topological polar surface area (TPSA) is 52.6 Å². The lowest BCUT2D eigenvalue weighted by molar-refractivity contribution is -0.139. The summed E-state index contributed by atoms with van der Waals surface area (Å²) in [6, 6.07) is 1.62. The Hall–Kier alpha value is -1.83. The van der Waals surface area contributed by atoms with Crippen molar-refractivity contribution in [3.63, 3.8) is 0 Å². The van der Waals surface area contributed by atoms with E-state index < -0.39 is 29.7 Å². The highest BCUT2D eigenvalue weighted by atomic mass is 19.4. The highest BCUT2D eigenvalue weighted by Crippen LogP contribution is 2.33. The van der Waals surface area contributed by atoms with Crippen molar-refractivity contribution < 1.29 is 27.5 Å². The van der Waals surface area contributed by atoms with Crippen molar-refractivity contribution in [1.29, 1.82) is 0 Å². The van der Waals surface area contributed by atoms with E-state index in [-0.39, 0.29) is 12.2 Å². The van der Waals surface area contributed by atoms with Crippen LogP contribution in [0.2, 0.25) is 0 Å². The summed E-state index contributed by atoms with van der Waals surface area (Å²) in [5, 5.41) is 11.5. The fourth-order valence-corrected chi connectivity index (χ4v) is 1.95. The van der Waals surface area contributed by atoms with Crippen molar-refractivity contribution >= 4 is 11.7 Å². The van der Waals surface area contributed by atoms with Crippen molar-refractivity contribution in [2.24, 2.45) is 0 Å². The molecule has 4 nitrogen and oxygen atoms in total. The Morgan fingerprint density at radius 3 is 2.65 bits per heavy atom. The lowest BCUT2D eigenvalue weighted by Gasteiger charge is -2.17. The number of nitrogens with zero attached hydrogens (tertiary/aromatic N) is 1. The van der Waals surface area contributed by atoms with Gasteiger partial charge in [0.2, 0.25) is 0 Å². The molecule has 0 radical (unpaired) electrons. The number of likely N-dealkylation sites (tertiary alicyclic amines) is 1. The molecule has 20 heavy (non-hydrogen) atoms. The van der Waals surface area contributed by atoms with Gasteiger partial charge in [-0.25, -0.2) is 9.18 Å².